The molecule has 2 fully saturated rings. The third-order valence-electron chi connectivity index (χ3n) is 7.30. The predicted molar refractivity (Wildman–Crippen MR) is 147 cm³/mol. The van der Waals surface area contributed by atoms with Crippen LogP contribution in [0.2, 0.25) is 0 Å². The molecule has 192 valence electrons. The average Bonchev–Trinajstić information content (AvgIpc) is 3.51. The molecule has 9 nitrogen and oxygen atoms in total. The van der Waals surface area contributed by atoms with Crippen LogP contribution in [-0.2, 0) is 0 Å². The van der Waals surface area contributed by atoms with Gasteiger partial charge in [-0.15, -0.1) is 0 Å². The van der Waals surface area contributed by atoms with Crippen molar-refractivity contribution in [3.63, 3.8) is 0 Å². The van der Waals surface area contributed by atoms with Crippen LogP contribution in [-0.4, -0.2) is 80.4 Å². The second kappa shape index (κ2) is 9.89. The molecule has 1 saturated heterocycles. The van der Waals surface area contributed by atoms with E-state index in [-0.39, 0.29) is 16.8 Å². The third kappa shape index (κ3) is 5.01. The first kappa shape index (κ1) is 24.8. The van der Waals surface area contributed by atoms with Gasteiger partial charge < -0.3 is 19.7 Å². The van der Waals surface area contributed by atoms with E-state index in [1.54, 1.807) is 25.2 Å². The molecule has 1 aliphatic heterocycles. The van der Waals surface area contributed by atoms with Gasteiger partial charge in [-0.05, 0) is 44.9 Å². The maximum atomic E-state index is 12.9. The molecule has 0 unspecified atom stereocenters. The van der Waals surface area contributed by atoms with Gasteiger partial charge in [0.15, 0.2) is 0 Å². The lowest BCUT2D eigenvalue weighted by Gasteiger charge is -2.42. The van der Waals surface area contributed by atoms with Gasteiger partial charge in [0.1, 0.15) is 17.2 Å². The van der Waals surface area contributed by atoms with Crippen LogP contribution in [0.4, 0.5) is 17.5 Å². The maximum Gasteiger partial charge on any atom is 0.270 e. The molecule has 0 radical (unpaired) electrons. The van der Waals surface area contributed by atoms with Gasteiger partial charge in [0.2, 0.25) is 5.95 Å². The van der Waals surface area contributed by atoms with Crippen molar-refractivity contribution in [2.45, 2.75) is 50.4 Å². The number of carbonyl (C=O) groups excluding carboxylic acids is 1. The van der Waals surface area contributed by atoms with Crippen LogP contribution in [0.15, 0.2) is 30.6 Å². The van der Waals surface area contributed by atoms with E-state index >= 15 is 0 Å². The smallest absolute Gasteiger partial charge is 0.270 e. The molecule has 0 atom stereocenters. The van der Waals surface area contributed by atoms with Crippen LogP contribution in [0.25, 0.3) is 11.0 Å². The molecule has 0 bridgehead atoms. The number of nitrogens with one attached hydrogen (secondary N) is 1. The van der Waals surface area contributed by atoms with E-state index in [1.807, 2.05) is 18.3 Å². The van der Waals surface area contributed by atoms with Crippen LogP contribution in [0.3, 0.4) is 0 Å². The Morgan fingerprint density at radius 3 is 2.42 bits per heavy atom. The zero-order chi connectivity index (χ0) is 25.4. The van der Waals surface area contributed by atoms with E-state index in [2.05, 4.69) is 49.6 Å². The number of piperazine rings is 1. The van der Waals surface area contributed by atoms with E-state index in [4.69, 9.17) is 17.6 Å². The third-order valence-corrected chi connectivity index (χ3v) is 7.58. The Morgan fingerprint density at radius 2 is 1.81 bits per heavy atom. The average molecular weight is 509 g/mol. The van der Waals surface area contributed by atoms with E-state index in [1.165, 1.54) is 12.8 Å². The number of anilines is 3. The molecule has 10 heteroatoms. The molecule has 1 amide bonds. The Morgan fingerprint density at radius 1 is 1.08 bits per heavy atom. The van der Waals surface area contributed by atoms with E-state index < -0.39 is 0 Å². The number of aromatic nitrogens is 4. The number of fused-ring (bicyclic) bond motifs is 1. The van der Waals surface area contributed by atoms with Crippen LogP contribution >= 0.6 is 12.6 Å². The molecule has 36 heavy (non-hydrogen) atoms. The first-order valence-electron chi connectivity index (χ1n) is 12.8. The van der Waals surface area contributed by atoms with Gasteiger partial charge in [-0.3, -0.25) is 9.69 Å². The molecule has 2 aliphatic rings. The molecule has 1 N–H and O–H groups in total. The minimum absolute atomic E-state index is 0.00886. The number of amides is 1. The summed E-state index contributed by atoms with van der Waals surface area (Å²) in [7, 11) is 3.57. The van der Waals surface area contributed by atoms with Crippen molar-refractivity contribution >= 4 is 47.0 Å². The molecule has 5 rings (SSSR count). The lowest BCUT2D eigenvalue weighted by atomic mass is 10.2. The van der Waals surface area contributed by atoms with Gasteiger partial charge in [-0.2, -0.15) is 17.6 Å². The van der Waals surface area contributed by atoms with Crippen LogP contribution < -0.4 is 10.2 Å². The molecular weight excluding hydrogens is 472 g/mol. The summed E-state index contributed by atoms with van der Waals surface area (Å²) in [6, 6.07) is 6.26. The van der Waals surface area contributed by atoms with Gasteiger partial charge in [0.05, 0.1) is 16.8 Å². The molecule has 1 saturated carbocycles. The van der Waals surface area contributed by atoms with Gasteiger partial charge in [-0.1, -0.05) is 12.8 Å². The van der Waals surface area contributed by atoms with Crippen molar-refractivity contribution in [3.05, 3.63) is 36.3 Å². The van der Waals surface area contributed by atoms with Crippen molar-refractivity contribution in [2.24, 2.45) is 0 Å². The number of hydrogen-bond acceptors (Lipinski definition) is 8. The fourth-order valence-corrected chi connectivity index (χ4v) is 5.47. The Labute approximate surface area is 218 Å². The lowest BCUT2D eigenvalue weighted by molar-refractivity contribution is 0.0815. The maximum absolute atomic E-state index is 12.9. The van der Waals surface area contributed by atoms with Crippen molar-refractivity contribution in [1.82, 2.24) is 29.3 Å². The highest BCUT2D eigenvalue weighted by atomic mass is 32.1. The molecule has 3 aromatic rings. The van der Waals surface area contributed by atoms with Crippen LogP contribution in [0.5, 0.6) is 0 Å². The summed E-state index contributed by atoms with van der Waals surface area (Å²) in [4.78, 5) is 33.1. The quantitative estimate of drug-likeness (QED) is 0.484. The highest BCUT2D eigenvalue weighted by Gasteiger charge is 2.28. The summed E-state index contributed by atoms with van der Waals surface area (Å²) in [5.41, 5.74) is 2.58. The number of thiol groups is 1. The number of nitrogens with zero attached hydrogens (tertiary/aromatic N) is 7. The van der Waals surface area contributed by atoms with E-state index in [9.17, 15) is 4.79 Å². The Kier molecular flexibility index (Phi) is 6.82. The second-order valence-electron chi connectivity index (χ2n) is 10.5. The van der Waals surface area contributed by atoms with Gasteiger partial charge in [-0.25, -0.2) is 9.97 Å². The van der Waals surface area contributed by atoms with E-state index in [0.717, 1.165) is 55.7 Å². The number of rotatable bonds is 6. The van der Waals surface area contributed by atoms with Crippen molar-refractivity contribution in [3.8, 4) is 0 Å². The number of pyridine rings is 1. The van der Waals surface area contributed by atoms with Crippen molar-refractivity contribution < 1.29 is 4.79 Å². The first-order chi connectivity index (χ1) is 17.2. The minimum atomic E-state index is -0.0998. The van der Waals surface area contributed by atoms with Gasteiger partial charge in [0, 0.05) is 57.9 Å². The fourth-order valence-electron chi connectivity index (χ4n) is 5.27. The molecule has 0 spiro atoms. The van der Waals surface area contributed by atoms with Crippen LogP contribution in [0.1, 0.15) is 56.1 Å². The standard InChI is InChI=1S/C26H36N8OS/c1-26(2,36)33-13-11-32(12-14-33)20-9-10-22(27-17-20)29-25-28-16-18-15-21(24(35)31(3)4)34(23(18)30-25)19-7-5-6-8-19/h9-10,15-17,19,36H,5-8,11-14H2,1-4H3,(H,27,28,29,30). The second-order valence-corrected chi connectivity index (χ2v) is 11.6. The summed E-state index contributed by atoms with van der Waals surface area (Å²) in [6.07, 6.45) is 8.17. The normalized spacial score (nSPS) is 17.6. The lowest BCUT2D eigenvalue weighted by Crippen LogP contribution is -2.52. The largest absolute Gasteiger partial charge is 0.368 e. The van der Waals surface area contributed by atoms with Crippen LogP contribution in [0, 0.1) is 0 Å². The summed E-state index contributed by atoms with van der Waals surface area (Å²) in [5, 5.41) is 4.13. The highest BCUT2D eigenvalue weighted by Crippen LogP contribution is 2.35. The summed E-state index contributed by atoms with van der Waals surface area (Å²) in [5.74, 6) is 1.16. The Hall–Kier alpha value is -2.85. The SMILES string of the molecule is CN(C)C(=O)c1cc2cnc(Nc3ccc(N4CCN(C(C)(C)S)CC4)cn3)nc2n1C1CCCC1. The van der Waals surface area contributed by atoms with Gasteiger partial charge in [0.25, 0.3) is 5.91 Å². The molecule has 1 aliphatic carbocycles. The minimum Gasteiger partial charge on any atom is -0.368 e. The number of carbonyl (C=O) groups is 1. The van der Waals surface area contributed by atoms with Crippen molar-refractivity contribution in [2.75, 3.05) is 50.5 Å². The number of hydrogen-bond donors (Lipinski definition) is 2. The zero-order valence-corrected chi connectivity index (χ0v) is 22.5. The highest BCUT2D eigenvalue weighted by molar-refractivity contribution is 7.81. The fraction of sp³-hybridized carbons (Fsp3) is 0.538. The Bertz CT molecular complexity index is 1220. The molecule has 3 aromatic heterocycles. The van der Waals surface area contributed by atoms with Gasteiger partial charge >= 0.3 is 0 Å². The predicted octanol–water partition coefficient (Wildman–Crippen LogP) is 4.17. The van der Waals surface area contributed by atoms with E-state index in [0.29, 0.717) is 17.5 Å². The summed E-state index contributed by atoms with van der Waals surface area (Å²) < 4.78 is 2.12. The Balaban J connectivity index is 1.34. The van der Waals surface area contributed by atoms with Crippen molar-refractivity contribution in [1.29, 1.82) is 0 Å². The zero-order valence-electron chi connectivity index (χ0n) is 21.6. The topological polar surface area (TPSA) is 82.4 Å². The monoisotopic (exact) mass is 508 g/mol. The summed E-state index contributed by atoms with van der Waals surface area (Å²) >= 11 is 4.70. The summed E-state index contributed by atoms with van der Waals surface area (Å²) in [6.45, 7) is 8.12. The molecule has 4 heterocycles. The first-order valence-corrected chi connectivity index (χ1v) is 13.2. The molecule has 0 aromatic carbocycles. The molecular formula is C26H36N8OS.